The second-order valence-corrected chi connectivity index (χ2v) is 11.8. The van der Waals surface area contributed by atoms with Gasteiger partial charge in [0.05, 0.1) is 17.2 Å². The molecule has 0 aliphatic heterocycles. The van der Waals surface area contributed by atoms with Gasteiger partial charge in [-0.3, -0.25) is 14.8 Å². The van der Waals surface area contributed by atoms with Gasteiger partial charge in [-0.15, -0.1) is 22.7 Å². The molecule has 1 aliphatic carbocycles. The fourth-order valence-electron chi connectivity index (χ4n) is 4.74. The summed E-state index contributed by atoms with van der Waals surface area (Å²) < 4.78 is 24.1. The predicted octanol–water partition coefficient (Wildman–Crippen LogP) is 7.60. The molecule has 1 unspecified atom stereocenters. The van der Waals surface area contributed by atoms with Crippen molar-refractivity contribution in [2.75, 3.05) is 5.32 Å². The van der Waals surface area contributed by atoms with Gasteiger partial charge in [0.1, 0.15) is 17.7 Å². The summed E-state index contributed by atoms with van der Waals surface area (Å²) in [6.45, 7) is 1.82. The molecule has 0 radical (unpaired) electrons. The Labute approximate surface area is 231 Å². The SMILES string of the molecule is CC(OC(=O)Nc1c(-c2cc3sc(-c4ccc(C5(C(=O)O)CC5)c(F)c4)cc3s2)cnn1C)c1ccccc1. The molecule has 5 aromatic rings. The van der Waals surface area contributed by atoms with Crippen molar-refractivity contribution in [2.45, 2.75) is 31.3 Å². The summed E-state index contributed by atoms with van der Waals surface area (Å²) in [5.41, 5.74) is 1.57. The fraction of sp³-hybridized carbons (Fsp3) is 0.207. The zero-order valence-electron chi connectivity index (χ0n) is 21.1. The maximum Gasteiger partial charge on any atom is 0.413 e. The number of fused-ring (bicyclic) bond motifs is 1. The van der Waals surface area contributed by atoms with Gasteiger partial charge in [-0.1, -0.05) is 42.5 Å². The smallest absolute Gasteiger partial charge is 0.413 e. The maximum atomic E-state index is 14.9. The molecule has 3 aromatic heterocycles. The topological polar surface area (TPSA) is 93.4 Å². The fourth-order valence-corrected chi connectivity index (χ4v) is 7.14. The van der Waals surface area contributed by atoms with Crippen molar-refractivity contribution in [3.63, 3.8) is 0 Å². The first kappa shape index (κ1) is 25.3. The van der Waals surface area contributed by atoms with E-state index in [9.17, 15) is 19.1 Å². The van der Waals surface area contributed by atoms with E-state index in [1.165, 1.54) is 17.4 Å². The van der Waals surface area contributed by atoms with Gasteiger partial charge in [0, 0.05) is 31.8 Å². The van der Waals surface area contributed by atoms with Crippen molar-refractivity contribution in [1.29, 1.82) is 0 Å². The lowest BCUT2D eigenvalue weighted by Gasteiger charge is -2.14. The summed E-state index contributed by atoms with van der Waals surface area (Å²) in [5, 5.41) is 16.7. The van der Waals surface area contributed by atoms with E-state index in [0.29, 0.717) is 24.2 Å². The summed E-state index contributed by atoms with van der Waals surface area (Å²) >= 11 is 3.08. The van der Waals surface area contributed by atoms with Gasteiger partial charge in [0.25, 0.3) is 0 Å². The van der Waals surface area contributed by atoms with Crippen LogP contribution in [0.5, 0.6) is 0 Å². The Kier molecular flexibility index (Phi) is 6.23. The van der Waals surface area contributed by atoms with Crippen LogP contribution in [0.4, 0.5) is 15.0 Å². The highest BCUT2D eigenvalue weighted by atomic mass is 32.1. The molecule has 1 aliphatic rings. The number of carboxylic acids is 1. The summed E-state index contributed by atoms with van der Waals surface area (Å²) in [6, 6.07) is 18.4. The highest BCUT2D eigenvalue weighted by Gasteiger charge is 2.53. The molecular weight excluding hydrogens is 537 g/mol. The highest BCUT2D eigenvalue weighted by Crippen LogP contribution is 2.50. The van der Waals surface area contributed by atoms with Gasteiger partial charge in [-0.05, 0) is 49.1 Å². The lowest BCUT2D eigenvalue weighted by atomic mass is 9.94. The average molecular weight is 562 g/mol. The number of anilines is 1. The minimum atomic E-state index is -1.07. The van der Waals surface area contributed by atoms with Gasteiger partial charge in [0.2, 0.25) is 0 Å². The molecule has 1 fully saturated rings. The highest BCUT2D eigenvalue weighted by molar-refractivity contribution is 7.31. The van der Waals surface area contributed by atoms with Crippen molar-refractivity contribution in [1.82, 2.24) is 9.78 Å². The third kappa shape index (κ3) is 4.59. The van der Waals surface area contributed by atoms with E-state index in [1.54, 1.807) is 41.4 Å². The summed E-state index contributed by atoms with van der Waals surface area (Å²) in [7, 11) is 1.75. The van der Waals surface area contributed by atoms with Crippen molar-refractivity contribution in [2.24, 2.45) is 7.05 Å². The van der Waals surface area contributed by atoms with E-state index in [1.807, 2.05) is 49.4 Å². The number of rotatable bonds is 7. The number of hydrogen-bond donors (Lipinski definition) is 2. The molecule has 1 amide bonds. The summed E-state index contributed by atoms with van der Waals surface area (Å²) in [4.78, 5) is 26.1. The number of amides is 1. The summed E-state index contributed by atoms with van der Waals surface area (Å²) in [6.07, 6.45) is 1.65. The van der Waals surface area contributed by atoms with E-state index in [4.69, 9.17) is 4.74 Å². The van der Waals surface area contributed by atoms with E-state index < -0.39 is 29.4 Å². The van der Waals surface area contributed by atoms with Crippen LogP contribution in [0, 0.1) is 5.82 Å². The Hall–Kier alpha value is -4.02. The molecule has 1 atom stereocenters. The zero-order chi connectivity index (χ0) is 27.3. The number of thiophene rings is 2. The van der Waals surface area contributed by atoms with Gasteiger partial charge in [0.15, 0.2) is 0 Å². The minimum Gasteiger partial charge on any atom is -0.481 e. The number of ether oxygens (including phenoxy) is 1. The largest absolute Gasteiger partial charge is 0.481 e. The van der Waals surface area contributed by atoms with E-state index >= 15 is 0 Å². The molecule has 2 aromatic carbocycles. The first-order valence-corrected chi connectivity index (χ1v) is 14.0. The number of nitrogens with zero attached hydrogens (tertiary/aromatic N) is 2. The predicted molar refractivity (Wildman–Crippen MR) is 151 cm³/mol. The quantitative estimate of drug-likeness (QED) is 0.213. The van der Waals surface area contributed by atoms with Gasteiger partial charge in [-0.25, -0.2) is 9.18 Å². The Balaban J connectivity index is 1.22. The zero-order valence-corrected chi connectivity index (χ0v) is 22.7. The Morgan fingerprint density at radius 2 is 1.77 bits per heavy atom. The maximum absolute atomic E-state index is 14.9. The number of carbonyl (C=O) groups is 2. The van der Waals surface area contributed by atoms with E-state index in [0.717, 1.165) is 30.3 Å². The van der Waals surface area contributed by atoms with Crippen LogP contribution in [-0.4, -0.2) is 26.9 Å². The van der Waals surface area contributed by atoms with Crippen LogP contribution in [0.25, 0.3) is 30.3 Å². The minimum absolute atomic E-state index is 0.257. The van der Waals surface area contributed by atoms with Crippen molar-refractivity contribution >= 4 is 50.0 Å². The van der Waals surface area contributed by atoms with Crippen molar-refractivity contribution in [3.8, 4) is 20.9 Å². The van der Waals surface area contributed by atoms with Crippen LogP contribution in [0.3, 0.4) is 0 Å². The molecule has 39 heavy (non-hydrogen) atoms. The number of hydrogen-bond acceptors (Lipinski definition) is 6. The molecule has 0 bridgehead atoms. The van der Waals surface area contributed by atoms with Crippen LogP contribution < -0.4 is 5.32 Å². The third-order valence-corrected chi connectivity index (χ3v) is 9.49. The lowest BCUT2D eigenvalue weighted by molar-refractivity contribution is -0.140. The number of carboxylic acid groups (broad SMARTS) is 1. The summed E-state index contributed by atoms with van der Waals surface area (Å²) in [5.74, 6) is -0.926. The Morgan fingerprint density at radius 1 is 1.08 bits per heavy atom. The van der Waals surface area contributed by atoms with Crippen molar-refractivity contribution in [3.05, 3.63) is 83.8 Å². The molecule has 0 spiro atoms. The number of nitrogens with one attached hydrogen (secondary N) is 1. The van der Waals surface area contributed by atoms with Crippen LogP contribution >= 0.6 is 22.7 Å². The number of carbonyl (C=O) groups excluding carboxylic acids is 1. The van der Waals surface area contributed by atoms with Gasteiger partial charge < -0.3 is 9.84 Å². The Bertz CT molecular complexity index is 1690. The van der Waals surface area contributed by atoms with Crippen LogP contribution in [-0.2, 0) is 22.0 Å². The number of aliphatic carboxylic acids is 1. The average Bonchev–Trinajstić information content (AvgIpc) is 3.31. The van der Waals surface area contributed by atoms with Gasteiger partial charge in [-0.2, -0.15) is 5.10 Å². The second-order valence-electron chi connectivity index (χ2n) is 9.65. The molecule has 7 nitrogen and oxygen atoms in total. The third-order valence-electron chi connectivity index (χ3n) is 7.11. The number of benzene rings is 2. The second kappa shape index (κ2) is 9.62. The lowest BCUT2D eigenvalue weighted by Crippen LogP contribution is -2.20. The van der Waals surface area contributed by atoms with E-state index in [-0.39, 0.29) is 5.56 Å². The molecular formula is C29H24FN3O4S2. The van der Waals surface area contributed by atoms with Crippen LogP contribution in [0.15, 0.2) is 66.9 Å². The molecule has 6 rings (SSSR count). The van der Waals surface area contributed by atoms with Crippen LogP contribution in [0.1, 0.15) is 37.0 Å². The van der Waals surface area contributed by atoms with E-state index in [2.05, 4.69) is 10.4 Å². The molecule has 2 N–H and O–H groups in total. The molecule has 198 valence electrons. The molecule has 1 saturated carbocycles. The molecule has 0 saturated heterocycles. The van der Waals surface area contributed by atoms with Crippen LogP contribution in [0.2, 0.25) is 0 Å². The Morgan fingerprint density at radius 3 is 2.44 bits per heavy atom. The molecule has 3 heterocycles. The van der Waals surface area contributed by atoms with Gasteiger partial charge >= 0.3 is 12.1 Å². The molecule has 10 heteroatoms. The number of aryl methyl sites for hydroxylation is 1. The standard InChI is InChI=1S/C29H24FN3O4S2/c1-16(17-6-4-3-5-7-17)37-28(36)32-26-19(15-31-33(26)2)23-14-25-24(39-23)13-22(38-25)18-8-9-20(21(30)12-18)29(10-11-29)27(34)35/h3-9,12-16H,10-11H2,1-2H3,(H,32,36)(H,34,35). The first-order chi connectivity index (χ1) is 18.7. The monoisotopic (exact) mass is 561 g/mol. The normalized spacial score (nSPS) is 14.7. The van der Waals surface area contributed by atoms with Crippen molar-refractivity contribution < 1.29 is 23.8 Å². The number of halogens is 1. The first-order valence-electron chi connectivity index (χ1n) is 12.4. The number of aromatic nitrogens is 2.